The van der Waals surface area contributed by atoms with Crippen LogP contribution in [0.4, 0.5) is 0 Å². The van der Waals surface area contributed by atoms with Gasteiger partial charge in [-0.15, -0.1) is 0 Å². The molecule has 4 nitrogen and oxygen atoms in total. The van der Waals surface area contributed by atoms with Crippen molar-refractivity contribution in [2.45, 2.75) is 12.8 Å². The van der Waals surface area contributed by atoms with Crippen molar-refractivity contribution < 1.29 is 14.4 Å². The van der Waals surface area contributed by atoms with Crippen LogP contribution >= 0.6 is 0 Å². The van der Waals surface area contributed by atoms with Gasteiger partial charge in [0.1, 0.15) is 6.61 Å². The van der Waals surface area contributed by atoms with Crippen molar-refractivity contribution in [3.05, 3.63) is 12.2 Å². The predicted octanol–water partition coefficient (Wildman–Crippen LogP) is 0.882. The molecule has 1 aliphatic heterocycles. The molecule has 0 spiro atoms. The largest absolute Gasteiger partial charge is 0.466 e. The minimum atomic E-state index is -0.372. The highest BCUT2D eigenvalue weighted by molar-refractivity contribution is 5.99. The molecule has 0 atom stereocenters. The summed E-state index contributed by atoms with van der Waals surface area (Å²) in [6.07, 6.45) is 4.76. The highest BCUT2D eigenvalue weighted by Gasteiger charge is 2.03. The van der Waals surface area contributed by atoms with Crippen LogP contribution in [0.25, 0.3) is 0 Å². The molecular weight excluding hydrogens is 158 g/mol. The first kappa shape index (κ1) is 8.77. The van der Waals surface area contributed by atoms with Crippen LogP contribution in [-0.2, 0) is 14.4 Å². The summed E-state index contributed by atoms with van der Waals surface area (Å²) in [5.41, 5.74) is 0.784. The first-order chi connectivity index (χ1) is 5.83. The van der Waals surface area contributed by atoms with E-state index in [1.807, 2.05) is 0 Å². The Morgan fingerprint density at radius 2 is 2.58 bits per heavy atom. The summed E-state index contributed by atoms with van der Waals surface area (Å²) in [6.45, 7) is 0.662. The van der Waals surface area contributed by atoms with Gasteiger partial charge in [-0.05, 0) is 18.9 Å². The molecule has 0 N–H and O–H groups in total. The molecule has 0 aliphatic carbocycles. The maximum Gasteiger partial charge on any atom is 0.330 e. The zero-order valence-corrected chi connectivity index (χ0v) is 6.95. The third-order valence-electron chi connectivity index (χ3n) is 1.46. The molecule has 0 unspecified atom stereocenters. The van der Waals surface area contributed by atoms with Gasteiger partial charge >= 0.3 is 5.97 Å². The van der Waals surface area contributed by atoms with Gasteiger partial charge in [-0.1, -0.05) is 5.16 Å². The normalized spacial score (nSPS) is 16.9. The quantitative estimate of drug-likeness (QED) is 0.455. The fourth-order valence-corrected chi connectivity index (χ4v) is 0.838. The molecule has 1 heterocycles. The Hall–Kier alpha value is -1.32. The summed E-state index contributed by atoms with van der Waals surface area (Å²) >= 11 is 0. The second kappa shape index (κ2) is 4.54. The molecule has 0 bridgehead atoms. The molecule has 0 aromatic rings. The Morgan fingerprint density at radius 1 is 1.75 bits per heavy atom. The number of ether oxygens (including phenoxy) is 1. The van der Waals surface area contributed by atoms with Gasteiger partial charge in [0.25, 0.3) is 0 Å². The van der Waals surface area contributed by atoms with E-state index in [-0.39, 0.29) is 5.97 Å². The number of oxime groups is 1. The second-order valence-electron chi connectivity index (χ2n) is 2.38. The SMILES string of the molecule is COC(=O)/C=C/C1=NOCCC1. The Labute approximate surface area is 70.8 Å². The second-order valence-corrected chi connectivity index (χ2v) is 2.38. The minimum absolute atomic E-state index is 0.372. The summed E-state index contributed by atoms with van der Waals surface area (Å²) < 4.78 is 4.42. The van der Waals surface area contributed by atoms with E-state index in [1.165, 1.54) is 13.2 Å². The smallest absolute Gasteiger partial charge is 0.330 e. The highest BCUT2D eigenvalue weighted by Crippen LogP contribution is 2.03. The fourth-order valence-electron chi connectivity index (χ4n) is 0.838. The van der Waals surface area contributed by atoms with Crippen LogP contribution in [-0.4, -0.2) is 25.4 Å². The lowest BCUT2D eigenvalue weighted by atomic mass is 10.2. The average molecular weight is 169 g/mol. The molecule has 0 fully saturated rings. The van der Waals surface area contributed by atoms with Gasteiger partial charge in [0.2, 0.25) is 0 Å². The molecule has 0 radical (unpaired) electrons. The molecule has 0 saturated carbocycles. The van der Waals surface area contributed by atoms with E-state index in [4.69, 9.17) is 4.84 Å². The van der Waals surface area contributed by atoms with Crippen LogP contribution in [0.2, 0.25) is 0 Å². The van der Waals surface area contributed by atoms with Crippen LogP contribution in [0.5, 0.6) is 0 Å². The zero-order chi connectivity index (χ0) is 8.81. The van der Waals surface area contributed by atoms with E-state index in [9.17, 15) is 4.79 Å². The number of esters is 1. The Kier molecular flexibility index (Phi) is 3.32. The number of allylic oxidation sites excluding steroid dienone is 1. The molecule has 0 aromatic carbocycles. The van der Waals surface area contributed by atoms with Crippen LogP contribution in [0.1, 0.15) is 12.8 Å². The number of hydrogen-bond acceptors (Lipinski definition) is 4. The third-order valence-corrected chi connectivity index (χ3v) is 1.46. The average Bonchev–Trinajstić information content (AvgIpc) is 2.16. The Balaban J connectivity index is 2.43. The predicted molar refractivity (Wildman–Crippen MR) is 43.8 cm³/mol. The van der Waals surface area contributed by atoms with Crippen molar-refractivity contribution >= 4 is 11.7 Å². The lowest BCUT2D eigenvalue weighted by Crippen LogP contribution is -2.06. The van der Waals surface area contributed by atoms with Gasteiger partial charge in [0.05, 0.1) is 12.8 Å². The molecule has 0 aromatic heterocycles. The molecule has 4 heteroatoms. The molecule has 12 heavy (non-hydrogen) atoms. The van der Waals surface area contributed by atoms with Crippen molar-refractivity contribution in [2.24, 2.45) is 5.16 Å². The molecular formula is C8H11NO3. The number of methoxy groups -OCH3 is 1. The van der Waals surface area contributed by atoms with E-state index >= 15 is 0 Å². The third kappa shape index (κ3) is 2.74. The molecule has 0 saturated heterocycles. The number of hydrogen-bond donors (Lipinski definition) is 0. The van der Waals surface area contributed by atoms with E-state index in [0.717, 1.165) is 18.6 Å². The molecule has 66 valence electrons. The number of carbonyl (C=O) groups excluding carboxylic acids is 1. The van der Waals surface area contributed by atoms with E-state index in [0.29, 0.717) is 6.61 Å². The molecule has 1 rings (SSSR count). The lowest BCUT2D eigenvalue weighted by molar-refractivity contribution is -0.134. The standard InChI is InChI=1S/C8H11NO3/c1-11-8(10)5-4-7-3-2-6-12-9-7/h4-5H,2-3,6H2,1H3/b5-4+. The van der Waals surface area contributed by atoms with Crippen LogP contribution < -0.4 is 0 Å². The summed E-state index contributed by atoms with van der Waals surface area (Å²) in [6, 6.07) is 0. The van der Waals surface area contributed by atoms with E-state index in [1.54, 1.807) is 6.08 Å². The molecule has 0 amide bonds. The van der Waals surface area contributed by atoms with Crippen molar-refractivity contribution in [2.75, 3.05) is 13.7 Å². The maximum atomic E-state index is 10.6. The van der Waals surface area contributed by atoms with Gasteiger partial charge in [0, 0.05) is 6.08 Å². The van der Waals surface area contributed by atoms with E-state index in [2.05, 4.69) is 9.89 Å². The maximum absolute atomic E-state index is 10.6. The monoisotopic (exact) mass is 169 g/mol. The number of carbonyl (C=O) groups is 1. The number of rotatable bonds is 2. The van der Waals surface area contributed by atoms with Gasteiger partial charge in [-0.2, -0.15) is 0 Å². The summed E-state index contributed by atoms with van der Waals surface area (Å²) in [5, 5.41) is 3.76. The Bertz CT molecular complexity index is 220. The van der Waals surface area contributed by atoms with Gasteiger partial charge < -0.3 is 9.57 Å². The summed E-state index contributed by atoms with van der Waals surface area (Å²) in [7, 11) is 1.34. The van der Waals surface area contributed by atoms with Crippen LogP contribution in [0.3, 0.4) is 0 Å². The van der Waals surface area contributed by atoms with Crippen molar-refractivity contribution in [3.63, 3.8) is 0 Å². The van der Waals surface area contributed by atoms with Gasteiger partial charge in [-0.3, -0.25) is 0 Å². The van der Waals surface area contributed by atoms with Gasteiger partial charge in [0.15, 0.2) is 0 Å². The van der Waals surface area contributed by atoms with Gasteiger partial charge in [-0.25, -0.2) is 4.79 Å². The first-order valence-electron chi connectivity index (χ1n) is 3.78. The van der Waals surface area contributed by atoms with Crippen molar-refractivity contribution in [3.8, 4) is 0 Å². The summed E-state index contributed by atoms with van der Waals surface area (Å²) in [5.74, 6) is -0.372. The van der Waals surface area contributed by atoms with Crippen molar-refractivity contribution in [1.29, 1.82) is 0 Å². The topological polar surface area (TPSA) is 47.9 Å². The minimum Gasteiger partial charge on any atom is -0.466 e. The number of nitrogens with zero attached hydrogens (tertiary/aromatic N) is 1. The first-order valence-corrected chi connectivity index (χ1v) is 3.78. The van der Waals surface area contributed by atoms with Crippen LogP contribution in [0, 0.1) is 0 Å². The fraction of sp³-hybridized carbons (Fsp3) is 0.500. The van der Waals surface area contributed by atoms with Crippen molar-refractivity contribution in [1.82, 2.24) is 0 Å². The zero-order valence-electron chi connectivity index (χ0n) is 6.95. The molecule has 1 aliphatic rings. The van der Waals surface area contributed by atoms with Crippen LogP contribution in [0.15, 0.2) is 17.3 Å². The lowest BCUT2D eigenvalue weighted by Gasteiger charge is -2.07. The highest BCUT2D eigenvalue weighted by atomic mass is 16.6. The summed E-state index contributed by atoms with van der Waals surface area (Å²) in [4.78, 5) is 15.5. The van der Waals surface area contributed by atoms with E-state index < -0.39 is 0 Å². The Morgan fingerprint density at radius 3 is 3.17 bits per heavy atom.